The van der Waals surface area contributed by atoms with Gasteiger partial charge in [0.15, 0.2) is 11.0 Å². The summed E-state index contributed by atoms with van der Waals surface area (Å²) in [4.78, 5) is 5.04. The number of hydrogen-bond acceptors (Lipinski definition) is 2. The van der Waals surface area contributed by atoms with Gasteiger partial charge in [-0.05, 0) is 53.9 Å². The van der Waals surface area contributed by atoms with Gasteiger partial charge in [-0.3, -0.25) is 0 Å². The van der Waals surface area contributed by atoms with Gasteiger partial charge in [-0.2, -0.15) is 4.57 Å². The van der Waals surface area contributed by atoms with E-state index in [9.17, 15) is 0 Å². The van der Waals surface area contributed by atoms with Crippen LogP contribution in [0.25, 0.3) is 49.5 Å². The van der Waals surface area contributed by atoms with Gasteiger partial charge in [0.1, 0.15) is 5.69 Å². The Balaban J connectivity index is 1.64. The summed E-state index contributed by atoms with van der Waals surface area (Å²) < 4.78 is 5.99. The fraction of sp³-hybridized carbons (Fsp3) is 0.188. The van der Waals surface area contributed by atoms with Gasteiger partial charge in [-0.25, -0.2) is 9.55 Å². The molecule has 0 aliphatic rings. The summed E-state index contributed by atoms with van der Waals surface area (Å²) >= 11 is 1.82. The third kappa shape index (κ3) is 3.64. The summed E-state index contributed by atoms with van der Waals surface area (Å²) in [6, 6.07) is 32.5. The number of fused-ring (bicyclic) bond motifs is 2. The first-order chi connectivity index (χ1) is 17.3. The molecule has 4 aromatic carbocycles. The van der Waals surface area contributed by atoms with E-state index in [1.165, 1.54) is 48.8 Å². The first-order valence-electron chi connectivity index (χ1n) is 12.4. The van der Waals surface area contributed by atoms with E-state index in [1.807, 2.05) is 11.3 Å². The second kappa shape index (κ2) is 8.42. The van der Waals surface area contributed by atoms with Crippen LogP contribution in [0.1, 0.15) is 31.3 Å². The fourth-order valence-electron chi connectivity index (χ4n) is 4.98. The molecule has 6 rings (SSSR count). The molecule has 0 unspecified atom stereocenters. The second-order valence-corrected chi connectivity index (χ2v) is 11.5. The number of aromatic nitrogens is 3. The summed E-state index contributed by atoms with van der Waals surface area (Å²) in [6.07, 6.45) is 0. The SMILES string of the molecule is Cc1ccc2nc(C(C)(C)C)sc2c1-c1n(-c2ccc(-c3ccccc3)cc2)c2ccccc2[n+]1C. The third-order valence-electron chi connectivity index (χ3n) is 6.88. The molecule has 0 N–H and O–H groups in total. The van der Waals surface area contributed by atoms with Crippen LogP contribution in [0.4, 0.5) is 0 Å². The van der Waals surface area contributed by atoms with Gasteiger partial charge in [0.2, 0.25) is 0 Å². The van der Waals surface area contributed by atoms with E-state index in [4.69, 9.17) is 4.98 Å². The van der Waals surface area contributed by atoms with Gasteiger partial charge in [-0.15, -0.1) is 11.3 Å². The van der Waals surface area contributed by atoms with Crippen LogP contribution in [0.2, 0.25) is 0 Å². The van der Waals surface area contributed by atoms with E-state index in [0.717, 1.165) is 11.2 Å². The first-order valence-corrected chi connectivity index (χ1v) is 13.2. The van der Waals surface area contributed by atoms with Gasteiger partial charge in [0.25, 0.3) is 5.82 Å². The molecule has 3 nitrogen and oxygen atoms in total. The molecule has 0 amide bonds. The Labute approximate surface area is 216 Å². The van der Waals surface area contributed by atoms with E-state index < -0.39 is 0 Å². The molecule has 0 aliphatic carbocycles. The van der Waals surface area contributed by atoms with Crippen LogP contribution < -0.4 is 4.57 Å². The fourth-order valence-corrected chi connectivity index (χ4v) is 6.19. The van der Waals surface area contributed by atoms with Crippen molar-refractivity contribution in [2.45, 2.75) is 33.1 Å². The van der Waals surface area contributed by atoms with E-state index in [0.29, 0.717) is 0 Å². The summed E-state index contributed by atoms with van der Waals surface area (Å²) in [5, 5.41) is 1.17. The minimum absolute atomic E-state index is 0.0109. The number of imidazole rings is 1. The van der Waals surface area contributed by atoms with Crippen molar-refractivity contribution in [3.63, 3.8) is 0 Å². The minimum Gasteiger partial charge on any atom is -0.241 e. The van der Waals surface area contributed by atoms with E-state index in [1.54, 1.807) is 0 Å². The summed E-state index contributed by atoms with van der Waals surface area (Å²) in [6.45, 7) is 8.93. The zero-order chi connectivity index (χ0) is 25.0. The average molecular weight is 489 g/mol. The van der Waals surface area contributed by atoms with Crippen molar-refractivity contribution in [1.29, 1.82) is 0 Å². The Kier molecular flexibility index (Phi) is 5.31. The molecule has 0 aliphatic heterocycles. The Hall–Kier alpha value is -3.76. The number of hydrogen-bond donors (Lipinski definition) is 0. The van der Waals surface area contributed by atoms with Crippen molar-refractivity contribution in [2.75, 3.05) is 0 Å². The average Bonchev–Trinajstić information content (AvgIpc) is 3.45. The highest BCUT2D eigenvalue weighted by Crippen LogP contribution is 2.40. The van der Waals surface area contributed by atoms with Crippen LogP contribution >= 0.6 is 11.3 Å². The van der Waals surface area contributed by atoms with Gasteiger partial charge in [0.05, 0.1) is 27.8 Å². The van der Waals surface area contributed by atoms with E-state index >= 15 is 0 Å². The van der Waals surface area contributed by atoms with Crippen molar-refractivity contribution in [2.24, 2.45) is 7.05 Å². The maximum atomic E-state index is 5.04. The summed E-state index contributed by atoms with van der Waals surface area (Å²) in [5.74, 6) is 1.18. The molecule has 0 bridgehead atoms. The van der Waals surface area contributed by atoms with Crippen molar-refractivity contribution >= 4 is 32.6 Å². The Morgan fingerprint density at radius 2 is 1.44 bits per heavy atom. The predicted molar refractivity (Wildman–Crippen MR) is 152 cm³/mol. The standard InChI is InChI=1S/C32H30N3S/c1-21-15-20-25-29(36-31(33-25)32(2,3)4)28(21)30-34(5)26-13-9-10-14-27(26)35(30)24-18-16-23(17-19-24)22-11-7-6-8-12-22/h6-20H,1-5H3/q+1. The lowest BCUT2D eigenvalue weighted by Crippen LogP contribution is -2.30. The lowest BCUT2D eigenvalue weighted by Gasteiger charge is -2.13. The molecule has 6 aromatic rings. The van der Waals surface area contributed by atoms with Crippen LogP contribution in [0.5, 0.6) is 0 Å². The van der Waals surface area contributed by atoms with Gasteiger partial charge >= 0.3 is 0 Å². The molecule has 36 heavy (non-hydrogen) atoms. The number of rotatable bonds is 3. The molecule has 4 heteroatoms. The van der Waals surface area contributed by atoms with Crippen molar-refractivity contribution in [3.05, 3.63) is 102 Å². The monoisotopic (exact) mass is 488 g/mol. The predicted octanol–water partition coefficient (Wildman–Crippen LogP) is 8.00. The molecule has 178 valence electrons. The molecule has 0 fully saturated rings. The van der Waals surface area contributed by atoms with Gasteiger partial charge < -0.3 is 0 Å². The molecule has 0 saturated carbocycles. The third-order valence-corrected chi connectivity index (χ3v) is 8.39. The van der Waals surface area contributed by atoms with Gasteiger partial charge in [0, 0.05) is 5.41 Å². The van der Waals surface area contributed by atoms with Crippen molar-refractivity contribution < 1.29 is 4.57 Å². The molecule has 0 atom stereocenters. The number of benzene rings is 4. The zero-order valence-corrected chi connectivity index (χ0v) is 22.2. The lowest BCUT2D eigenvalue weighted by atomic mass is 9.98. The Bertz CT molecular complexity index is 1720. The Morgan fingerprint density at radius 1 is 0.778 bits per heavy atom. The van der Waals surface area contributed by atoms with Gasteiger partial charge in [-0.1, -0.05) is 81.4 Å². The Morgan fingerprint density at radius 3 is 2.17 bits per heavy atom. The van der Waals surface area contributed by atoms with E-state index in [-0.39, 0.29) is 5.41 Å². The number of aryl methyl sites for hydroxylation is 2. The van der Waals surface area contributed by atoms with Crippen molar-refractivity contribution in [3.8, 4) is 28.2 Å². The largest absolute Gasteiger partial charge is 0.296 e. The van der Waals surface area contributed by atoms with Crippen molar-refractivity contribution in [1.82, 2.24) is 9.55 Å². The number of thiazole rings is 1. The van der Waals surface area contributed by atoms with Crippen LogP contribution in [0.3, 0.4) is 0 Å². The minimum atomic E-state index is 0.0109. The number of para-hydroxylation sites is 2. The molecular weight excluding hydrogens is 458 g/mol. The molecular formula is C32H30N3S+. The highest BCUT2D eigenvalue weighted by Gasteiger charge is 2.30. The molecule has 0 radical (unpaired) electrons. The molecule has 0 spiro atoms. The highest BCUT2D eigenvalue weighted by atomic mass is 32.1. The molecule has 0 saturated heterocycles. The summed E-state index contributed by atoms with van der Waals surface area (Å²) in [5.41, 5.74) is 9.59. The topological polar surface area (TPSA) is 21.7 Å². The molecule has 2 aromatic heterocycles. The van der Waals surface area contributed by atoms with Crippen LogP contribution in [0.15, 0.2) is 91.0 Å². The quantitative estimate of drug-likeness (QED) is 0.231. The second-order valence-electron chi connectivity index (χ2n) is 10.5. The number of nitrogens with zero attached hydrogens (tertiary/aromatic N) is 3. The lowest BCUT2D eigenvalue weighted by molar-refractivity contribution is -0.633. The van der Waals surface area contributed by atoms with Crippen LogP contribution in [-0.4, -0.2) is 9.55 Å². The highest BCUT2D eigenvalue weighted by molar-refractivity contribution is 7.19. The maximum absolute atomic E-state index is 5.04. The van der Waals surface area contributed by atoms with Crippen LogP contribution in [0, 0.1) is 6.92 Å². The summed E-state index contributed by atoms with van der Waals surface area (Å²) in [7, 11) is 2.18. The van der Waals surface area contributed by atoms with E-state index in [2.05, 4.69) is 135 Å². The molecule has 2 heterocycles. The normalized spacial score (nSPS) is 12.0. The zero-order valence-electron chi connectivity index (χ0n) is 21.4. The van der Waals surface area contributed by atoms with Crippen LogP contribution in [-0.2, 0) is 12.5 Å². The smallest absolute Gasteiger partial charge is 0.241 e. The maximum Gasteiger partial charge on any atom is 0.296 e. The first kappa shape index (κ1) is 22.7.